The van der Waals surface area contributed by atoms with Gasteiger partial charge in [0.25, 0.3) is 0 Å². The quantitative estimate of drug-likeness (QED) is 0.456. The first kappa shape index (κ1) is 10.6. The van der Waals surface area contributed by atoms with E-state index in [4.69, 9.17) is 0 Å². The van der Waals surface area contributed by atoms with Crippen LogP contribution in [0.4, 0.5) is 13.2 Å². The molecule has 0 fully saturated rings. The number of halogens is 3. The summed E-state index contributed by atoms with van der Waals surface area (Å²) < 4.78 is 35.3. The predicted octanol–water partition coefficient (Wildman–Crippen LogP) is 2.50. The molecule has 1 rings (SSSR count). The van der Waals surface area contributed by atoms with E-state index in [1.165, 1.54) is 12.1 Å². The second-order valence-corrected chi connectivity index (χ2v) is 1.79. The van der Waals surface area contributed by atoms with Gasteiger partial charge in [0.15, 0.2) is 0 Å². The van der Waals surface area contributed by atoms with Crippen molar-refractivity contribution in [3.8, 4) is 0 Å². The van der Waals surface area contributed by atoms with Gasteiger partial charge in [-0.3, -0.25) is 0 Å². The van der Waals surface area contributed by atoms with Crippen LogP contribution in [0.1, 0.15) is 5.56 Å². The molecule has 0 saturated heterocycles. The molecule has 0 bridgehead atoms. The van der Waals surface area contributed by atoms with E-state index in [0.29, 0.717) is 0 Å². The smallest absolute Gasteiger partial charge is 0.184 e. The van der Waals surface area contributed by atoms with Crippen LogP contribution in [0, 0.1) is 6.07 Å². The third-order valence-electron chi connectivity index (χ3n) is 1.05. The molecular formula is C7H4F3Zn+. The molecule has 1 aromatic rings. The zero-order chi connectivity index (χ0) is 7.61. The minimum atomic E-state index is -4.23. The van der Waals surface area contributed by atoms with Gasteiger partial charge in [0.1, 0.15) is 0 Å². The summed E-state index contributed by atoms with van der Waals surface area (Å²) in [5.74, 6) is 0. The fourth-order valence-corrected chi connectivity index (χ4v) is 0.576. The van der Waals surface area contributed by atoms with Gasteiger partial charge in [-0.25, -0.2) is 0 Å². The molecule has 0 amide bonds. The van der Waals surface area contributed by atoms with E-state index in [2.05, 4.69) is 6.07 Å². The third-order valence-corrected chi connectivity index (χ3v) is 1.05. The summed E-state index contributed by atoms with van der Waals surface area (Å²) in [7, 11) is 0. The molecule has 0 radical (unpaired) electrons. The number of hydrogen-bond donors (Lipinski definition) is 0. The van der Waals surface area contributed by atoms with Crippen molar-refractivity contribution >= 4 is 0 Å². The fourth-order valence-electron chi connectivity index (χ4n) is 0.576. The van der Waals surface area contributed by atoms with Crippen molar-refractivity contribution in [2.75, 3.05) is 0 Å². The number of benzene rings is 1. The van der Waals surface area contributed by atoms with Crippen molar-refractivity contribution in [2.24, 2.45) is 0 Å². The molecule has 0 aliphatic carbocycles. The molecule has 0 saturated carbocycles. The summed E-state index contributed by atoms with van der Waals surface area (Å²) >= 11 is 0. The maximum atomic E-state index is 11.8. The first-order valence-corrected chi connectivity index (χ1v) is 2.64. The van der Waals surface area contributed by atoms with Crippen LogP contribution in [-0.4, -0.2) is 0 Å². The standard InChI is InChI=1S/C7H4F3.Zn/c8-7(9,10)6-4-2-1-3-5-6;/h2-5H;/q-1;+2. The summed E-state index contributed by atoms with van der Waals surface area (Å²) in [6.07, 6.45) is -4.23. The van der Waals surface area contributed by atoms with Crippen molar-refractivity contribution in [3.63, 3.8) is 0 Å². The molecule has 4 heteroatoms. The second kappa shape index (κ2) is 3.86. The average Bonchev–Trinajstić information content (AvgIpc) is 1.88. The van der Waals surface area contributed by atoms with Crippen LogP contribution < -0.4 is 0 Å². The first-order chi connectivity index (χ1) is 4.61. The number of alkyl halides is 3. The van der Waals surface area contributed by atoms with Gasteiger partial charge in [0, 0.05) is 0 Å². The Labute approximate surface area is 75.2 Å². The molecule has 0 aromatic heterocycles. The topological polar surface area (TPSA) is 0 Å². The minimum Gasteiger partial charge on any atom is -0.184 e. The first-order valence-electron chi connectivity index (χ1n) is 2.64. The van der Waals surface area contributed by atoms with E-state index < -0.39 is 11.7 Å². The van der Waals surface area contributed by atoms with Crippen molar-refractivity contribution < 1.29 is 32.6 Å². The van der Waals surface area contributed by atoms with Crippen molar-refractivity contribution in [3.05, 3.63) is 35.9 Å². The SMILES string of the molecule is FC(F)(F)c1cc[c-]cc1.[Zn+2]. The minimum absolute atomic E-state index is 0. The van der Waals surface area contributed by atoms with Crippen LogP contribution in [0.25, 0.3) is 0 Å². The third kappa shape index (κ3) is 3.02. The second-order valence-electron chi connectivity index (χ2n) is 1.79. The Bertz CT molecular complexity index is 205. The van der Waals surface area contributed by atoms with E-state index in [-0.39, 0.29) is 19.5 Å². The Kier molecular flexibility index (Phi) is 3.73. The normalized spacial score (nSPS) is 10.5. The average molecular weight is 210 g/mol. The Balaban J connectivity index is 0.000001000. The summed E-state index contributed by atoms with van der Waals surface area (Å²) in [5.41, 5.74) is -0.633. The van der Waals surface area contributed by atoms with Crippen LogP contribution in [-0.2, 0) is 25.7 Å². The molecule has 54 valence electrons. The van der Waals surface area contributed by atoms with E-state index in [1.54, 1.807) is 0 Å². The van der Waals surface area contributed by atoms with E-state index >= 15 is 0 Å². The van der Waals surface area contributed by atoms with Crippen LogP contribution in [0.5, 0.6) is 0 Å². The Morgan fingerprint density at radius 1 is 1.09 bits per heavy atom. The molecule has 0 aliphatic heterocycles. The van der Waals surface area contributed by atoms with Gasteiger partial charge in [-0.15, -0.1) is 0 Å². The summed E-state index contributed by atoms with van der Waals surface area (Å²) in [4.78, 5) is 0. The Morgan fingerprint density at radius 3 is 1.82 bits per heavy atom. The van der Waals surface area contributed by atoms with Gasteiger partial charge in [-0.2, -0.15) is 43.5 Å². The van der Waals surface area contributed by atoms with Crippen LogP contribution in [0.15, 0.2) is 24.3 Å². The van der Waals surface area contributed by atoms with E-state index in [0.717, 1.165) is 12.1 Å². The number of rotatable bonds is 0. The van der Waals surface area contributed by atoms with E-state index in [1.807, 2.05) is 0 Å². The van der Waals surface area contributed by atoms with Crippen molar-refractivity contribution in [2.45, 2.75) is 6.18 Å². The van der Waals surface area contributed by atoms with Gasteiger partial charge >= 0.3 is 25.7 Å². The molecule has 0 atom stereocenters. The Morgan fingerprint density at radius 2 is 1.55 bits per heavy atom. The molecule has 0 heterocycles. The zero-order valence-corrected chi connectivity index (χ0v) is 8.62. The molecule has 0 unspecified atom stereocenters. The van der Waals surface area contributed by atoms with Crippen molar-refractivity contribution in [1.29, 1.82) is 0 Å². The molecular weight excluding hydrogens is 206 g/mol. The molecule has 0 aliphatic rings. The summed E-state index contributed by atoms with van der Waals surface area (Å²) in [5, 5.41) is 0. The van der Waals surface area contributed by atoms with E-state index in [9.17, 15) is 13.2 Å². The predicted molar refractivity (Wildman–Crippen MR) is 30.3 cm³/mol. The van der Waals surface area contributed by atoms with Crippen molar-refractivity contribution in [1.82, 2.24) is 0 Å². The molecule has 1 aromatic carbocycles. The van der Waals surface area contributed by atoms with Gasteiger partial charge in [-0.1, -0.05) is 5.56 Å². The maximum Gasteiger partial charge on any atom is 2.00 e. The van der Waals surface area contributed by atoms with Gasteiger partial charge in [0.2, 0.25) is 0 Å². The fraction of sp³-hybridized carbons (Fsp3) is 0.143. The zero-order valence-electron chi connectivity index (χ0n) is 5.65. The molecule has 0 nitrogen and oxygen atoms in total. The Hall–Kier alpha value is -0.367. The van der Waals surface area contributed by atoms with Gasteiger partial charge in [-0.05, 0) is 0 Å². The van der Waals surface area contributed by atoms with Crippen LogP contribution >= 0.6 is 0 Å². The molecule has 0 N–H and O–H groups in total. The largest absolute Gasteiger partial charge is 2.00 e. The van der Waals surface area contributed by atoms with Gasteiger partial charge < -0.3 is 0 Å². The summed E-state index contributed by atoms with van der Waals surface area (Å²) in [6, 6.07) is 6.95. The molecule has 0 spiro atoms. The maximum absolute atomic E-state index is 11.8. The van der Waals surface area contributed by atoms with Gasteiger partial charge in [0.05, 0.1) is 0 Å². The van der Waals surface area contributed by atoms with Crippen LogP contribution in [0.3, 0.4) is 0 Å². The monoisotopic (exact) mass is 209 g/mol. The van der Waals surface area contributed by atoms with Crippen LogP contribution in [0.2, 0.25) is 0 Å². The number of hydrogen-bond acceptors (Lipinski definition) is 0. The molecule has 11 heavy (non-hydrogen) atoms. The summed E-state index contributed by atoms with van der Waals surface area (Å²) in [6.45, 7) is 0.